The first kappa shape index (κ1) is 21.2. The number of nitrogens with zero attached hydrogens (tertiary/aromatic N) is 4. The van der Waals surface area contributed by atoms with Gasteiger partial charge in [-0.3, -0.25) is 9.36 Å². The van der Waals surface area contributed by atoms with Gasteiger partial charge in [0.25, 0.3) is 0 Å². The minimum absolute atomic E-state index is 0.0520. The van der Waals surface area contributed by atoms with E-state index in [0.29, 0.717) is 13.2 Å². The molecule has 0 bridgehead atoms. The fraction of sp³-hybridized carbons (Fsp3) is 0.348. The Balaban J connectivity index is 1.35. The second-order valence-electron chi connectivity index (χ2n) is 7.30. The van der Waals surface area contributed by atoms with Crippen LogP contribution in [0.2, 0.25) is 0 Å². The highest BCUT2D eigenvalue weighted by molar-refractivity contribution is 7.99. The van der Waals surface area contributed by atoms with Gasteiger partial charge in [-0.25, -0.2) is 0 Å². The van der Waals surface area contributed by atoms with Crippen molar-refractivity contribution in [2.24, 2.45) is 0 Å². The zero-order chi connectivity index (χ0) is 21.3. The molecular formula is C23H27N5O2S. The molecule has 162 valence electrons. The molecule has 1 saturated heterocycles. The summed E-state index contributed by atoms with van der Waals surface area (Å²) in [6.07, 6.45) is 3.58. The Labute approximate surface area is 186 Å². The van der Waals surface area contributed by atoms with E-state index in [0.717, 1.165) is 48.5 Å². The first-order valence-electron chi connectivity index (χ1n) is 10.6. The van der Waals surface area contributed by atoms with Crippen molar-refractivity contribution in [2.75, 3.05) is 36.9 Å². The van der Waals surface area contributed by atoms with Crippen LogP contribution in [0.4, 0.5) is 5.95 Å². The van der Waals surface area contributed by atoms with E-state index in [1.165, 1.54) is 18.2 Å². The standard InChI is InChI=1S/C23H27N5O2S/c29-21(24-14-17-30-20-12-6-2-7-13-20)18-31-23-26-25-22(27-15-8-3-9-16-27)28(23)19-10-4-1-5-11-19/h1-2,4-7,10-13H,3,8-9,14-18H2,(H,24,29). The number of hydrogen-bond donors (Lipinski definition) is 1. The number of anilines is 1. The highest BCUT2D eigenvalue weighted by Crippen LogP contribution is 2.28. The van der Waals surface area contributed by atoms with Crippen LogP contribution in [0.15, 0.2) is 65.8 Å². The molecule has 0 radical (unpaired) electrons. The maximum Gasteiger partial charge on any atom is 0.232 e. The fourth-order valence-electron chi connectivity index (χ4n) is 3.51. The van der Waals surface area contributed by atoms with Gasteiger partial charge < -0.3 is 15.0 Å². The Hall–Kier alpha value is -3.00. The minimum Gasteiger partial charge on any atom is -0.492 e. The normalized spacial score (nSPS) is 13.7. The van der Waals surface area contributed by atoms with E-state index in [1.807, 2.05) is 60.7 Å². The summed E-state index contributed by atoms with van der Waals surface area (Å²) < 4.78 is 7.67. The molecule has 0 atom stereocenters. The zero-order valence-electron chi connectivity index (χ0n) is 17.4. The molecule has 0 unspecified atom stereocenters. The molecule has 1 aromatic heterocycles. The van der Waals surface area contributed by atoms with E-state index in [-0.39, 0.29) is 11.7 Å². The zero-order valence-corrected chi connectivity index (χ0v) is 18.3. The predicted molar refractivity (Wildman–Crippen MR) is 123 cm³/mol. The summed E-state index contributed by atoms with van der Waals surface area (Å²) in [7, 11) is 0. The molecule has 1 N–H and O–H groups in total. The second kappa shape index (κ2) is 10.9. The van der Waals surface area contributed by atoms with E-state index in [4.69, 9.17) is 4.74 Å². The maximum absolute atomic E-state index is 12.3. The number of ether oxygens (including phenoxy) is 1. The Morgan fingerprint density at radius 1 is 0.968 bits per heavy atom. The molecule has 8 heteroatoms. The van der Waals surface area contributed by atoms with Gasteiger partial charge >= 0.3 is 0 Å². The Morgan fingerprint density at radius 2 is 1.68 bits per heavy atom. The lowest BCUT2D eigenvalue weighted by Crippen LogP contribution is -2.32. The van der Waals surface area contributed by atoms with Gasteiger partial charge in [-0.1, -0.05) is 48.2 Å². The molecule has 2 aromatic carbocycles. The maximum atomic E-state index is 12.3. The van der Waals surface area contributed by atoms with Crippen LogP contribution in [0.25, 0.3) is 5.69 Å². The molecule has 0 aliphatic carbocycles. The molecule has 1 aliphatic heterocycles. The highest BCUT2D eigenvalue weighted by Gasteiger charge is 2.21. The van der Waals surface area contributed by atoms with Crippen molar-refractivity contribution >= 4 is 23.6 Å². The van der Waals surface area contributed by atoms with Crippen LogP contribution in [0.5, 0.6) is 5.75 Å². The van der Waals surface area contributed by atoms with Gasteiger partial charge in [-0.2, -0.15) is 0 Å². The van der Waals surface area contributed by atoms with Gasteiger partial charge in [-0.05, 0) is 43.5 Å². The summed E-state index contributed by atoms with van der Waals surface area (Å²) in [6.45, 7) is 2.85. The fourth-order valence-corrected chi connectivity index (χ4v) is 4.29. The van der Waals surface area contributed by atoms with E-state index < -0.39 is 0 Å². The van der Waals surface area contributed by atoms with Gasteiger partial charge in [0, 0.05) is 13.1 Å². The third-order valence-corrected chi connectivity index (χ3v) is 5.97. The van der Waals surface area contributed by atoms with Crippen LogP contribution in [-0.4, -0.2) is 52.7 Å². The molecule has 0 spiro atoms. The lowest BCUT2D eigenvalue weighted by Gasteiger charge is -2.27. The van der Waals surface area contributed by atoms with Crippen molar-refractivity contribution in [1.29, 1.82) is 0 Å². The number of carbonyl (C=O) groups excluding carboxylic acids is 1. The summed E-state index contributed by atoms with van der Waals surface area (Å²) in [5.74, 6) is 1.87. The number of rotatable bonds is 9. The van der Waals surface area contributed by atoms with Crippen LogP contribution in [0, 0.1) is 0 Å². The van der Waals surface area contributed by atoms with Crippen molar-refractivity contribution in [2.45, 2.75) is 24.4 Å². The number of aromatic nitrogens is 3. The Bertz CT molecular complexity index is 959. The molecule has 7 nitrogen and oxygen atoms in total. The van der Waals surface area contributed by atoms with Gasteiger partial charge in [0.2, 0.25) is 11.9 Å². The lowest BCUT2D eigenvalue weighted by molar-refractivity contribution is -0.118. The lowest BCUT2D eigenvalue weighted by atomic mass is 10.1. The monoisotopic (exact) mass is 437 g/mol. The third-order valence-electron chi connectivity index (χ3n) is 5.04. The molecule has 4 rings (SSSR count). The van der Waals surface area contributed by atoms with Gasteiger partial charge in [0.15, 0.2) is 5.16 Å². The minimum atomic E-state index is -0.0520. The number of amides is 1. The third kappa shape index (κ3) is 5.79. The molecule has 1 aliphatic rings. The molecule has 31 heavy (non-hydrogen) atoms. The molecular weight excluding hydrogens is 410 g/mol. The summed E-state index contributed by atoms with van der Waals surface area (Å²) in [5, 5.41) is 12.5. The predicted octanol–water partition coefficient (Wildman–Crippen LogP) is 3.54. The number of piperidine rings is 1. The number of hydrogen-bond acceptors (Lipinski definition) is 6. The topological polar surface area (TPSA) is 72.3 Å². The van der Waals surface area contributed by atoms with Crippen LogP contribution >= 0.6 is 11.8 Å². The summed E-state index contributed by atoms with van der Waals surface area (Å²) in [6, 6.07) is 19.7. The smallest absolute Gasteiger partial charge is 0.232 e. The number of benzene rings is 2. The van der Waals surface area contributed by atoms with Crippen LogP contribution < -0.4 is 15.0 Å². The molecule has 2 heterocycles. The number of para-hydroxylation sites is 2. The highest BCUT2D eigenvalue weighted by atomic mass is 32.2. The van der Waals surface area contributed by atoms with E-state index in [1.54, 1.807) is 0 Å². The second-order valence-corrected chi connectivity index (χ2v) is 8.24. The average Bonchev–Trinajstić information content (AvgIpc) is 3.26. The molecule has 3 aromatic rings. The summed E-state index contributed by atoms with van der Waals surface area (Å²) in [5.41, 5.74) is 1.01. The van der Waals surface area contributed by atoms with Crippen molar-refractivity contribution in [3.05, 3.63) is 60.7 Å². The van der Waals surface area contributed by atoms with E-state index in [9.17, 15) is 4.79 Å². The Morgan fingerprint density at radius 3 is 2.42 bits per heavy atom. The number of carbonyl (C=O) groups is 1. The van der Waals surface area contributed by atoms with Gasteiger partial charge in [-0.15, -0.1) is 10.2 Å². The Kier molecular flexibility index (Phi) is 7.44. The summed E-state index contributed by atoms with van der Waals surface area (Å²) in [4.78, 5) is 14.6. The van der Waals surface area contributed by atoms with Crippen molar-refractivity contribution in [3.63, 3.8) is 0 Å². The van der Waals surface area contributed by atoms with Crippen molar-refractivity contribution < 1.29 is 9.53 Å². The van der Waals surface area contributed by atoms with Crippen LogP contribution in [-0.2, 0) is 4.79 Å². The number of nitrogens with one attached hydrogen (secondary N) is 1. The molecule has 0 saturated carbocycles. The quantitative estimate of drug-likeness (QED) is 0.408. The SMILES string of the molecule is O=C(CSc1nnc(N2CCCCC2)n1-c1ccccc1)NCCOc1ccccc1. The van der Waals surface area contributed by atoms with Crippen LogP contribution in [0.1, 0.15) is 19.3 Å². The largest absolute Gasteiger partial charge is 0.492 e. The van der Waals surface area contributed by atoms with E-state index >= 15 is 0 Å². The van der Waals surface area contributed by atoms with Crippen LogP contribution in [0.3, 0.4) is 0 Å². The first-order valence-corrected chi connectivity index (χ1v) is 11.6. The average molecular weight is 438 g/mol. The number of thioether (sulfide) groups is 1. The van der Waals surface area contributed by atoms with E-state index in [2.05, 4.69) is 25.0 Å². The summed E-state index contributed by atoms with van der Waals surface area (Å²) >= 11 is 1.40. The van der Waals surface area contributed by atoms with Crippen molar-refractivity contribution in [3.8, 4) is 11.4 Å². The van der Waals surface area contributed by atoms with Gasteiger partial charge in [0.1, 0.15) is 12.4 Å². The molecule has 1 amide bonds. The molecule has 1 fully saturated rings. The van der Waals surface area contributed by atoms with Crippen molar-refractivity contribution in [1.82, 2.24) is 20.1 Å². The first-order chi connectivity index (χ1) is 15.3. The van der Waals surface area contributed by atoms with Gasteiger partial charge in [0.05, 0.1) is 18.0 Å².